The first-order valence-electron chi connectivity index (χ1n) is 6.79. The molecule has 0 atom stereocenters. The molecule has 0 amide bonds. The van der Waals surface area contributed by atoms with E-state index in [-0.39, 0.29) is 0 Å². The molecule has 2 rings (SSSR count). The Hall–Kier alpha value is -1.29. The molecule has 106 valence electrons. The van der Waals surface area contributed by atoms with Gasteiger partial charge in [0.15, 0.2) is 11.5 Å². The quantitative estimate of drug-likeness (QED) is 0.889. The van der Waals surface area contributed by atoms with Gasteiger partial charge in [-0.25, -0.2) is 4.39 Å². The van der Waals surface area contributed by atoms with Crippen LogP contribution < -0.4 is 14.8 Å². The van der Waals surface area contributed by atoms with Gasteiger partial charge in [0.05, 0.1) is 14.2 Å². The molecular formula is C15H22FNO2. The molecule has 0 spiro atoms. The Kier molecular flexibility index (Phi) is 5.02. The van der Waals surface area contributed by atoms with Crippen molar-refractivity contribution >= 4 is 0 Å². The molecule has 1 aliphatic rings. The normalized spacial score (nSPS) is 16.4. The molecule has 1 fully saturated rings. The summed E-state index contributed by atoms with van der Waals surface area (Å²) in [6, 6.07) is 3.88. The maximum Gasteiger partial charge on any atom is 0.166 e. The first-order chi connectivity index (χ1) is 9.28. The van der Waals surface area contributed by atoms with Crippen LogP contribution in [-0.2, 0) is 13.1 Å². The van der Waals surface area contributed by atoms with Crippen LogP contribution in [0.2, 0.25) is 0 Å². The molecule has 4 heteroatoms. The van der Waals surface area contributed by atoms with Crippen molar-refractivity contribution < 1.29 is 13.9 Å². The lowest BCUT2D eigenvalue weighted by atomic mass is 9.90. The Balaban J connectivity index is 2.20. The number of halogens is 1. The molecule has 1 saturated heterocycles. The molecule has 1 aliphatic heterocycles. The van der Waals surface area contributed by atoms with E-state index in [1.165, 1.54) is 12.8 Å². The standard InChI is InChI=1S/C15H22FNO2/c1-18-14-9-12(7-11-3-5-17-6-4-11)8-13(10-16)15(14)19-2/h8-9,11,17H,3-7,10H2,1-2H3. The highest BCUT2D eigenvalue weighted by Crippen LogP contribution is 2.34. The number of hydrogen-bond donors (Lipinski definition) is 1. The average Bonchev–Trinajstić information content (AvgIpc) is 2.47. The lowest BCUT2D eigenvalue weighted by Crippen LogP contribution is -2.28. The maximum absolute atomic E-state index is 13.1. The highest BCUT2D eigenvalue weighted by molar-refractivity contribution is 5.49. The molecule has 0 bridgehead atoms. The van der Waals surface area contributed by atoms with Crippen LogP contribution in [0.25, 0.3) is 0 Å². The highest BCUT2D eigenvalue weighted by Gasteiger charge is 2.17. The van der Waals surface area contributed by atoms with Gasteiger partial charge in [-0.2, -0.15) is 0 Å². The van der Waals surface area contributed by atoms with Crippen molar-refractivity contribution in [2.24, 2.45) is 5.92 Å². The van der Waals surface area contributed by atoms with Gasteiger partial charge in [0.2, 0.25) is 0 Å². The minimum Gasteiger partial charge on any atom is -0.493 e. The Bertz CT molecular complexity index is 392. The van der Waals surface area contributed by atoms with Gasteiger partial charge in [-0.15, -0.1) is 0 Å². The largest absolute Gasteiger partial charge is 0.493 e. The summed E-state index contributed by atoms with van der Waals surface area (Å²) in [6.45, 7) is 1.63. The summed E-state index contributed by atoms with van der Waals surface area (Å²) in [5.74, 6) is 1.81. The molecule has 0 unspecified atom stereocenters. The maximum atomic E-state index is 13.1. The van der Waals surface area contributed by atoms with Gasteiger partial charge >= 0.3 is 0 Å². The van der Waals surface area contributed by atoms with Gasteiger partial charge in [0.25, 0.3) is 0 Å². The first-order valence-corrected chi connectivity index (χ1v) is 6.79. The molecule has 19 heavy (non-hydrogen) atoms. The molecule has 0 saturated carbocycles. The van der Waals surface area contributed by atoms with Crippen LogP contribution in [0.5, 0.6) is 11.5 Å². The third kappa shape index (κ3) is 3.38. The van der Waals surface area contributed by atoms with Crippen LogP contribution in [0.1, 0.15) is 24.0 Å². The van der Waals surface area contributed by atoms with Gasteiger partial charge in [0.1, 0.15) is 6.67 Å². The Morgan fingerprint density at radius 2 is 1.95 bits per heavy atom. The summed E-state index contributed by atoms with van der Waals surface area (Å²) in [4.78, 5) is 0. The van der Waals surface area contributed by atoms with Gasteiger partial charge < -0.3 is 14.8 Å². The minimum absolute atomic E-state index is 0.513. The van der Waals surface area contributed by atoms with E-state index in [1.807, 2.05) is 12.1 Å². The van der Waals surface area contributed by atoms with Gasteiger partial charge in [0, 0.05) is 5.56 Å². The number of alkyl halides is 1. The smallest absolute Gasteiger partial charge is 0.166 e. The van der Waals surface area contributed by atoms with E-state index in [0.717, 1.165) is 25.1 Å². The van der Waals surface area contributed by atoms with Crippen molar-refractivity contribution in [3.8, 4) is 11.5 Å². The van der Waals surface area contributed by atoms with E-state index in [1.54, 1.807) is 14.2 Å². The van der Waals surface area contributed by atoms with Crippen molar-refractivity contribution in [1.29, 1.82) is 0 Å². The molecule has 1 N–H and O–H groups in total. The Morgan fingerprint density at radius 3 is 2.53 bits per heavy atom. The second kappa shape index (κ2) is 6.75. The average molecular weight is 267 g/mol. The van der Waals surface area contributed by atoms with Gasteiger partial charge in [-0.1, -0.05) is 0 Å². The van der Waals surface area contributed by atoms with Gasteiger partial charge in [-0.05, 0) is 56.0 Å². The monoisotopic (exact) mass is 267 g/mol. The summed E-state index contributed by atoms with van der Waals surface area (Å²) >= 11 is 0. The van der Waals surface area contributed by atoms with E-state index < -0.39 is 6.67 Å². The zero-order valence-electron chi connectivity index (χ0n) is 11.7. The topological polar surface area (TPSA) is 30.5 Å². The molecule has 0 aromatic heterocycles. The van der Waals surface area contributed by atoms with Crippen molar-refractivity contribution in [3.63, 3.8) is 0 Å². The number of piperidine rings is 1. The number of nitrogens with one attached hydrogen (secondary N) is 1. The third-order valence-corrected chi connectivity index (χ3v) is 3.74. The van der Waals surface area contributed by atoms with E-state index in [0.29, 0.717) is 23.0 Å². The lowest BCUT2D eigenvalue weighted by Gasteiger charge is -2.23. The second-order valence-electron chi connectivity index (χ2n) is 5.02. The summed E-state index contributed by atoms with van der Waals surface area (Å²) in [5, 5.41) is 3.36. The Labute approximate surface area is 114 Å². The first kappa shape index (κ1) is 14.1. The van der Waals surface area contributed by atoms with E-state index >= 15 is 0 Å². The predicted molar refractivity (Wildman–Crippen MR) is 73.7 cm³/mol. The lowest BCUT2D eigenvalue weighted by molar-refractivity contribution is 0.342. The summed E-state index contributed by atoms with van der Waals surface area (Å²) < 4.78 is 23.6. The van der Waals surface area contributed by atoms with Crippen molar-refractivity contribution in [2.45, 2.75) is 25.9 Å². The predicted octanol–water partition coefficient (Wildman–Crippen LogP) is 2.72. The third-order valence-electron chi connectivity index (χ3n) is 3.74. The fraction of sp³-hybridized carbons (Fsp3) is 0.600. The number of hydrogen-bond acceptors (Lipinski definition) is 3. The molecule has 0 aliphatic carbocycles. The van der Waals surface area contributed by atoms with Crippen molar-refractivity contribution in [3.05, 3.63) is 23.3 Å². The summed E-state index contributed by atoms with van der Waals surface area (Å²) in [7, 11) is 3.14. The van der Waals surface area contributed by atoms with E-state index in [9.17, 15) is 4.39 Å². The van der Waals surface area contributed by atoms with Crippen LogP contribution in [0.15, 0.2) is 12.1 Å². The zero-order chi connectivity index (χ0) is 13.7. The summed E-state index contributed by atoms with van der Waals surface area (Å²) in [5.41, 5.74) is 1.71. The Morgan fingerprint density at radius 1 is 1.21 bits per heavy atom. The van der Waals surface area contributed by atoms with Crippen LogP contribution in [-0.4, -0.2) is 27.3 Å². The zero-order valence-corrected chi connectivity index (χ0v) is 11.7. The molecular weight excluding hydrogens is 245 g/mol. The van der Waals surface area contributed by atoms with Gasteiger partial charge in [-0.3, -0.25) is 0 Å². The molecule has 1 aromatic rings. The number of benzene rings is 1. The molecule has 1 aromatic carbocycles. The van der Waals surface area contributed by atoms with E-state index in [4.69, 9.17) is 9.47 Å². The SMILES string of the molecule is COc1cc(CC2CCNCC2)cc(CF)c1OC. The van der Waals surface area contributed by atoms with Crippen LogP contribution in [0, 0.1) is 5.92 Å². The fourth-order valence-electron chi connectivity index (χ4n) is 2.74. The summed E-state index contributed by atoms with van der Waals surface area (Å²) in [6.07, 6.45) is 3.34. The van der Waals surface area contributed by atoms with E-state index in [2.05, 4.69) is 5.32 Å². The van der Waals surface area contributed by atoms with Crippen molar-refractivity contribution in [2.75, 3.05) is 27.3 Å². The number of rotatable bonds is 5. The minimum atomic E-state index is -0.528. The molecule has 3 nitrogen and oxygen atoms in total. The highest BCUT2D eigenvalue weighted by atomic mass is 19.1. The van der Waals surface area contributed by atoms with Crippen LogP contribution in [0.3, 0.4) is 0 Å². The fourth-order valence-corrected chi connectivity index (χ4v) is 2.74. The number of ether oxygens (including phenoxy) is 2. The molecule has 0 radical (unpaired) electrons. The molecule has 1 heterocycles. The van der Waals surface area contributed by atoms with Crippen LogP contribution in [0.4, 0.5) is 4.39 Å². The van der Waals surface area contributed by atoms with Crippen molar-refractivity contribution in [1.82, 2.24) is 5.32 Å². The number of methoxy groups -OCH3 is 2. The van der Waals surface area contributed by atoms with Crippen LogP contribution >= 0.6 is 0 Å². The second-order valence-corrected chi connectivity index (χ2v) is 5.02.